The van der Waals surface area contributed by atoms with Crippen molar-refractivity contribution in [1.29, 1.82) is 0 Å². The molecular weight excluding hydrogens is 358 g/mol. The number of nitrogens with one attached hydrogen (secondary N) is 2. The van der Waals surface area contributed by atoms with E-state index in [1.165, 1.54) is 25.3 Å². The van der Waals surface area contributed by atoms with E-state index >= 15 is 0 Å². The molecule has 0 saturated carbocycles. The van der Waals surface area contributed by atoms with Crippen molar-refractivity contribution >= 4 is 17.5 Å². The van der Waals surface area contributed by atoms with Gasteiger partial charge in [0.25, 0.3) is 5.91 Å². The van der Waals surface area contributed by atoms with Crippen LogP contribution < -0.4 is 20.1 Å². The molecule has 2 N–H and O–H groups in total. The van der Waals surface area contributed by atoms with Gasteiger partial charge in [0.2, 0.25) is 5.91 Å². The zero-order valence-electron chi connectivity index (χ0n) is 14.9. The van der Waals surface area contributed by atoms with Gasteiger partial charge in [-0.25, -0.2) is 0 Å². The lowest BCUT2D eigenvalue weighted by atomic mass is 10.1. The van der Waals surface area contributed by atoms with Crippen molar-refractivity contribution in [3.63, 3.8) is 0 Å². The summed E-state index contributed by atoms with van der Waals surface area (Å²) in [5.41, 5.74) is 1.66. The highest BCUT2D eigenvalue weighted by atomic mass is 19.3. The fraction of sp³-hybridized carbons (Fsp3) is 0.263. The molecule has 0 unspecified atom stereocenters. The number of benzene rings is 2. The fourth-order valence-electron chi connectivity index (χ4n) is 2.38. The zero-order chi connectivity index (χ0) is 19.8. The zero-order valence-corrected chi connectivity index (χ0v) is 14.9. The van der Waals surface area contributed by atoms with Gasteiger partial charge < -0.3 is 20.1 Å². The predicted molar refractivity (Wildman–Crippen MR) is 96.4 cm³/mol. The Morgan fingerprint density at radius 2 is 1.85 bits per heavy atom. The van der Waals surface area contributed by atoms with Crippen LogP contribution in [0, 0.1) is 6.92 Å². The number of methoxy groups -OCH3 is 1. The van der Waals surface area contributed by atoms with Crippen molar-refractivity contribution in [2.75, 3.05) is 19.0 Å². The van der Waals surface area contributed by atoms with Crippen LogP contribution in [-0.2, 0) is 4.79 Å². The summed E-state index contributed by atoms with van der Waals surface area (Å²) < 4.78 is 34.2. The molecule has 8 heteroatoms. The summed E-state index contributed by atoms with van der Waals surface area (Å²) in [6.07, 6.45) is 0.0225. The van der Waals surface area contributed by atoms with Crippen LogP contribution in [-0.4, -0.2) is 32.1 Å². The Hall–Kier alpha value is -3.16. The smallest absolute Gasteiger partial charge is 0.387 e. The molecule has 0 radical (unpaired) electrons. The van der Waals surface area contributed by atoms with Crippen molar-refractivity contribution in [2.45, 2.75) is 20.0 Å². The van der Waals surface area contributed by atoms with Gasteiger partial charge in [-0.1, -0.05) is 18.2 Å². The quantitative estimate of drug-likeness (QED) is 0.739. The van der Waals surface area contributed by atoms with Crippen molar-refractivity contribution < 1.29 is 27.8 Å². The largest absolute Gasteiger partial charge is 0.493 e. The van der Waals surface area contributed by atoms with Crippen molar-refractivity contribution in [3.8, 4) is 11.5 Å². The van der Waals surface area contributed by atoms with Crippen LogP contribution >= 0.6 is 0 Å². The maximum atomic E-state index is 12.4. The first-order chi connectivity index (χ1) is 12.9. The van der Waals surface area contributed by atoms with Gasteiger partial charge in [-0.05, 0) is 30.7 Å². The standard InChI is InChI=1S/C19H20F2N2O4/c1-12-5-3-4-6-14(12)18(25)22-10-9-17(24)23-13-7-8-15(26-2)16(11-13)27-19(20)21/h3-8,11,19H,9-10H2,1-2H3,(H,22,25)(H,23,24). The van der Waals surface area contributed by atoms with Gasteiger partial charge in [0, 0.05) is 30.3 Å². The van der Waals surface area contributed by atoms with Crippen LogP contribution in [0.25, 0.3) is 0 Å². The number of carbonyl (C=O) groups is 2. The number of hydrogen-bond acceptors (Lipinski definition) is 4. The van der Waals surface area contributed by atoms with Gasteiger partial charge in [0.05, 0.1) is 7.11 Å². The summed E-state index contributed by atoms with van der Waals surface area (Å²) in [5.74, 6) is -0.705. The predicted octanol–water partition coefficient (Wildman–Crippen LogP) is 3.36. The minimum atomic E-state index is -3.01. The van der Waals surface area contributed by atoms with E-state index < -0.39 is 6.61 Å². The Labute approximate surface area is 155 Å². The molecule has 0 bridgehead atoms. The Kier molecular flexibility index (Phi) is 7.10. The number of alkyl halides is 2. The molecule has 27 heavy (non-hydrogen) atoms. The number of anilines is 1. The number of rotatable bonds is 8. The normalized spacial score (nSPS) is 10.4. The van der Waals surface area contributed by atoms with E-state index in [1.54, 1.807) is 12.1 Å². The van der Waals surface area contributed by atoms with Crippen molar-refractivity contribution in [3.05, 3.63) is 53.6 Å². The van der Waals surface area contributed by atoms with Gasteiger partial charge in [0.15, 0.2) is 11.5 Å². The third kappa shape index (κ3) is 5.95. The van der Waals surface area contributed by atoms with E-state index in [9.17, 15) is 18.4 Å². The molecule has 0 heterocycles. The molecule has 0 aliphatic carbocycles. The van der Waals surface area contributed by atoms with E-state index in [0.717, 1.165) is 5.56 Å². The number of ether oxygens (including phenoxy) is 2. The third-order valence-electron chi connectivity index (χ3n) is 3.69. The lowest BCUT2D eigenvalue weighted by Crippen LogP contribution is -2.28. The Morgan fingerprint density at radius 1 is 1.11 bits per heavy atom. The topological polar surface area (TPSA) is 76.7 Å². The number of amides is 2. The van der Waals surface area contributed by atoms with Crippen LogP contribution in [0.1, 0.15) is 22.3 Å². The van der Waals surface area contributed by atoms with Gasteiger partial charge in [-0.15, -0.1) is 0 Å². The van der Waals surface area contributed by atoms with Crippen LogP contribution in [0.15, 0.2) is 42.5 Å². The van der Waals surface area contributed by atoms with Crippen LogP contribution in [0.3, 0.4) is 0 Å². The fourth-order valence-corrected chi connectivity index (χ4v) is 2.38. The molecule has 2 aromatic carbocycles. The highest BCUT2D eigenvalue weighted by Crippen LogP contribution is 2.31. The summed E-state index contributed by atoms with van der Waals surface area (Å²) in [7, 11) is 1.32. The molecule has 6 nitrogen and oxygen atoms in total. The third-order valence-corrected chi connectivity index (χ3v) is 3.69. The van der Waals surface area contributed by atoms with Gasteiger partial charge in [0.1, 0.15) is 0 Å². The summed E-state index contributed by atoms with van der Waals surface area (Å²) >= 11 is 0. The lowest BCUT2D eigenvalue weighted by Gasteiger charge is -2.12. The SMILES string of the molecule is COc1ccc(NC(=O)CCNC(=O)c2ccccc2C)cc1OC(F)F. The molecular formula is C19H20F2N2O4. The second-order valence-electron chi connectivity index (χ2n) is 5.61. The Bertz CT molecular complexity index is 812. The van der Waals surface area contributed by atoms with E-state index in [4.69, 9.17) is 4.74 Å². The Morgan fingerprint density at radius 3 is 2.52 bits per heavy atom. The van der Waals surface area contributed by atoms with E-state index in [1.807, 2.05) is 19.1 Å². The van der Waals surface area contributed by atoms with Crippen molar-refractivity contribution in [2.24, 2.45) is 0 Å². The van der Waals surface area contributed by atoms with E-state index in [-0.39, 0.29) is 42.0 Å². The first kappa shape index (κ1) is 20.2. The number of hydrogen-bond donors (Lipinski definition) is 2. The average molecular weight is 378 g/mol. The van der Waals surface area contributed by atoms with Crippen LogP contribution in [0.2, 0.25) is 0 Å². The molecule has 2 amide bonds. The first-order valence-corrected chi connectivity index (χ1v) is 8.17. The molecule has 2 aromatic rings. The molecule has 2 rings (SSSR count). The summed E-state index contributed by atoms with van der Waals surface area (Å²) in [6, 6.07) is 11.3. The highest BCUT2D eigenvalue weighted by Gasteiger charge is 2.13. The molecule has 0 fully saturated rings. The van der Waals surface area contributed by atoms with Gasteiger partial charge in [-0.2, -0.15) is 8.78 Å². The van der Waals surface area contributed by atoms with Gasteiger partial charge >= 0.3 is 6.61 Å². The number of aryl methyl sites for hydroxylation is 1. The van der Waals surface area contributed by atoms with Crippen LogP contribution in [0.5, 0.6) is 11.5 Å². The second kappa shape index (κ2) is 9.51. The second-order valence-corrected chi connectivity index (χ2v) is 5.61. The Balaban J connectivity index is 1.88. The summed E-state index contributed by atoms with van der Waals surface area (Å²) in [5, 5.41) is 5.23. The van der Waals surface area contributed by atoms with E-state index in [2.05, 4.69) is 15.4 Å². The maximum Gasteiger partial charge on any atom is 0.387 e. The minimum absolute atomic E-state index is 0.0225. The molecule has 0 aliphatic rings. The molecule has 144 valence electrons. The van der Waals surface area contributed by atoms with Gasteiger partial charge in [-0.3, -0.25) is 9.59 Å². The van der Waals surface area contributed by atoms with Crippen LogP contribution in [0.4, 0.5) is 14.5 Å². The molecule has 0 saturated heterocycles. The summed E-state index contributed by atoms with van der Waals surface area (Å²) in [4.78, 5) is 24.1. The lowest BCUT2D eigenvalue weighted by molar-refractivity contribution is -0.116. The molecule has 0 aromatic heterocycles. The highest BCUT2D eigenvalue weighted by molar-refractivity contribution is 5.96. The summed E-state index contributed by atoms with van der Waals surface area (Å²) in [6.45, 7) is -1.05. The number of halogens is 2. The molecule has 0 spiro atoms. The maximum absolute atomic E-state index is 12.4. The first-order valence-electron chi connectivity index (χ1n) is 8.17. The van der Waals surface area contributed by atoms with Crippen molar-refractivity contribution in [1.82, 2.24) is 5.32 Å². The number of carbonyl (C=O) groups excluding carboxylic acids is 2. The van der Waals surface area contributed by atoms with E-state index in [0.29, 0.717) is 5.56 Å². The minimum Gasteiger partial charge on any atom is -0.493 e. The monoisotopic (exact) mass is 378 g/mol. The molecule has 0 atom stereocenters. The molecule has 0 aliphatic heterocycles. The average Bonchev–Trinajstić information content (AvgIpc) is 2.61.